The highest BCUT2D eigenvalue weighted by molar-refractivity contribution is 5.57. The second-order valence-electron chi connectivity index (χ2n) is 4.20. The number of nitrogens with one attached hydrogen (secondary N) is 2. The Morgan fingerprint density at radius 2 is 1.72 bits per heavy atom. The van der Waals surface area contributed by atoms with E-state index in [1.807, 2.05) is 6.92 Å². The van der Waals surface area contributed by atoms with Crippen LogP contribution < -0.4 is 10.6 Å². The summed E-state index contributed by atoms with van der Waals surface area (Å²) in [6.45, 7) is 8.05. The molecule has 102 valence electrons. The Labute approximate surface area is 109 Å². The molecule has 0 aliphatic carbocycles. The van der Waals surface area contributed by atoms with Gasteiger partial charge in [0.1, 0.15) is 17.5 Å². The average Bonchev–Trinajstić information content (AvgIpc) is 2.38. The van der Waals surface area contributed by atoms with Crippen LogP contribution >= 0.6 is 0 Å². The highest BCUT2D eigenvalue weighted by atomic mass is 16.2. The van der Waals surface area contributed by atoms with Crippen LogP contribution in [0.2, 0.25) is 0 Å². The van der Waals surface area contributed by atoms with Gasteiger partial charge >= 0.3 is 0 Å². The Kier molecular flexibility index (Phi) is 6.43. The molecule has 18 heavy (non-hydrogen) atoms. The smallest absolute Gasteiger partial charge is 0.134 e. The molecule has 0 fully saturated rings. The van der Waals surface area contributed by atoms with Crippen molar-refractivity contribution in [3.63, 3.8) is 0 Å². The van der Waals surface area contributed by atoms with Gasteiger partial charge in [-0.25, -0.2) is 9.97 Å². The Hall–Kier alpha value is -1.36. The van der Waals surface area contributed by atoms with E-state index in [1.165, 1.54) is 0 Å². The van der Waals surface area contributed by atoms with Crippen LogP contribution in [0.15, 0.2) is 0 Å². The van der Waals surface area contributed by atoms with Crippen molar-refractivity contribution >= 4 is 11.6 Å². The number of aliphatic hydroxyl groups is 1. The van der Waals surface area contributed by atoms with Gasteiger partial charge in [-0.2, -0.15) is 0 Å². The van der Waals surface area contributed by atoms with Gasteiger partial charge in [0.25, 0.3) is 0 Å². The largest absolute Gasteiger partial charge is 0.396 e. The van der Waals surface area contributed by atoms with Gasteiger partial charge in [0, 0.05) is 31.7 Å². The summed E-state index contributed by atoms with van der Waals surface area (Å²) < 4.78 is 0. The second kappa shape index (κ2) is 7.87. The second-order valence-corrected chi connectivity index (χ2v) is 4.20. The van der Waals surface area contributed by atoms with Gasteiger partial charge in [-0.3, -0.25) is 0 Å². The molecule has 0 aromatic carbocycles. The third kappa shape index (κ3) is 4.14. The maximum atomic E-state index is 8.75. The maximum Gasteiger partial charge on any atom is 0.134 e. The van der Waals surface area contributed by atoms with Crippen LogP contribution in [0.1, 0.15) is 38.1 Å². The molecule has 5 nitrogen and oxygen atoms in total. The predicted molar refractivity (Wildman–Crippen MR) is 75.1 cm³/mol. The Bertz CT molecular complexity index is 368. The van der Waals surface area contributed by atoms with Crippen molar-refractivity contribution in [3.05, 3.63) is 11.4 Å². The molecule has 0 atom stereocenters. The summed E-state index contributed by atoms with van der Waals surface area (Å²) in [6, 6.07) is 0. The molecular formula is C13H24N4O. The monoisotopic (exact) mass is 252 g/mol. The molecule has 1 aromatic heterocycles. The fourth-order valence-corrected chi connectivity index (χ4v) is 1.68. The number of anilines is 2. The molecule has 0 radical (unpaired) electrons. The van der Waals surface area contributed by atoms with Crippen LogP contribution in [-0.4, -0.2) is 34.8 Å². The van der Waals surface area contributed by atoms with Gasteiger partial charge in [0.15, 0.2) is 0 Å². The molecule has 0 saturated heterocycles. The highest BCUT2D eigenvalue weighted by Gasteiger charge is 2.08. The molecular weight excluding hydrogens is 228 g/mol. The Morgan fingerprint density at radius 1 is 1.06 bits per heavy atom. The topological polar surface area (TPSA) is 70.1 Å². The van der Waals surface area contributed by atoms with E-state index in [1.54, 1.807) is 0 Å². The number of nitrogens with zero attached hydrogens (tertiary/aromatic N) is 2. The normalized spacial score (nSPS) is 10.4. The molecule has 0 aliphatic heterocycles. The average molecular weight is 252 g/mol. The molecule has 0 bridgehead atoms. The van der Waals surface area contributed by atoms with Gasteiger partial charge in [-0.05, 0) is 26.7 Å². The summed E-state index contributed by atoms with van der Waals surface area (Å²) in [5, 5.41) is 15.3. The van der Waals surface area contributed by atoms with Gasteiger partial charge in [-0.15, -0.1) is 0 Å². The minimum absolute atomic E-state index is 0.243. The zero-order chi connectivity index (χ0) is 13.4. The van der Waals surface area contributed by atoms with Crippen LogP contribution in [0.3, 0.4) is 0 Å². The van der Waals surface area contributed by atoms with Crippen molar-refractivity contribution in [2.45, 2.75) is 40.0 Å². The molecule has 0 saturated carbocycles. The van der Waals surface area contributed by atoms with Crippen LogP contribution in [-0.2, 0) is 6.42 Å². The van der Waals surface area contributed by atoms with E-state index < -0.39 is 0 Å². The molecule has 1 aromatic rings. The van der Waals surface area contributed by atoms with Crippen molar-refractivity contribution in [1.82, 2.24) is 9.97 Å². The minimum atomic E-state index is 0.243. The maximum absolute atomic E-state index is 8.75. The fraction of sp³-hybridized carbons (Fsp3) is 0.692. The first-order valence-corrected chi connectivity index (χ1v) is 6.69. The number of hydrogen-bond donors (Lipinski definition) is 3. The first kappa shape index (κ1) is 14.7. The summed E-state index contributed by atoms with van der Waals surface area (Å²) in [7, 11) is 0. The van der Waals surface area contributed by atoms with Crippen LogP contribution in [0.25, 0.3) is 0 Å². The molecule has 0 aliphatic rings. The van der Waals surface area contributed by atoms with Crippen LogP contribution in [0.4, 0.5) is 11.6 Å². The highest BCUT2D eigenvalue weighted by Crippen LogP contribution is 2.20. The van der Waals surface area contributed by atoms with E-state index >= 15 is 0 Å². The van der Waals surface area contributed by atoms with Crippen molar-refractivity contribution < 1.29 is 5.11 Å². The summed E-state index contributed by atoms with van der Waals surface area (Å²) in [5.41, 5.74) is 1.05. The lowest BCUT2D eigenvalue weighted by atomic mass is 10.2. The molecule has 0 amide bonds. The summed E-state index contributed by atoms with van der Waals surface area (Å²) in [4.78, 5) is 8.99. The Balaban J connectivity index is 2.77. The summed E-state index contributed by atoms with van der Waals surface area (Å²) >= 11 is 0. The third-order valence-corrected chi connectivity index (χ3v) is 2.73. The SMILES string of the molecule is CCNc1nc(CC)nc(NCCCCO)c1C. The van der Waals surface area contributed by atoms with Gasteiger partial charge in [0.05, 0.1) is 0 Å². The number of aliphatic hydroxyl groups excluding tert-OH is 1. The molecule has 3 N–H and O–H groups in total. The van der Waals surface area contributed by atoms with E-state index in [2.05, 4.69) is 34.4 Å². The zero-order valence-corrected chi connectivity index (χ0v) is 11.6. The first-order chi connectivity index (χ1) is 8.72. The quantitative estimate of drug-likeness (QED) is 0.617. The van der Waals surface area contributed by atoms with Crippen molar-refractivity contribution in [2.24, 2.45) is 0 Å². The lowest BCUT2D eigenvalue weighted by Crippen LogP contribution is -2.12. The van der Waals surface area contributed by atoms with Gasteiger partial charge < -0.3 is 15.7 Å². The zero-order valence-electron chi connectivity index (χ0n) is 11.6. The van der Waals surface area contributed by atoms with Gasteiger partial charge in [-0.1, -0.05) is 6.92 Å². The third-order valence-electron chi connectivity index (χ3n) is 2.73. The van der Waals surface area contributed by atoms with Gasteiger partial charge in [0.2, 0.25) is 0 Å². The van der Waals surface area contributed by atoms with E-state index in [9.17, 15) is 0 Å². The van der Waals surface area contributed by atoms with Crippen molar-refractivity contribution in [1.29, 1.82) is 0 Å². The van der Waals surface area contributed by atoms with E-state index in [0.29, 0.717) is 0 Å². The minimum Gasteiger partial charge on any atom is -0.396 e. The lowest BCUT2D eigenvalue weighted by molar-refractivity contribution is 0.286. The van der Waals surface area contributed by atoms with Crippen molar-refractivity contribution in [2.75, 3.05) is 30.3 Å². The van der Waals surface area contributed by atoms with Crippen molar-refractivity contribution in [3.8, 4) is 0 Å². The standard InChI is InChI=1S/C13H24N4O/c1-4-11-16-12(14-5-2)10(3)13(17-11)15-8-6-7-9-18/h18H,4-9H2,1-3H3,(H2,14,15,16,17). The number of aromatic nitrogens is 2. The number of rotatable bonds is 8. The predicted octanol–water partition coefficient (Wildman–Crippen LogP) is 1.96. The fourth-order valence-electron chi connectivity index (χ4n) is 1.68. The van der Waals surface area contributed by atoms with Crippen LogP contribution in [0, 0.1) is 6.92 Å². The molecule has 5 heteroatoms. The van der Waals surface area contributed by atoms with E-state index in [-0.39, 0.29) is 6.61 Å². The Morgan fingerprint density at radius 3 is 2.28 bits per heavy atom. The van der Waals surface area contributed by atoms with Crippen LogP contribution in [0.5, 0.6) is 0 Å². The summed E-state index contributed by atoms with van der Waals surface area (Å²) in [6.07, 6.45) is 2.58. The number of hydrogen-bond acceptors (Lipinski definition) is 5. The first-order valence-electron chi connectivity index (χ1n) is 6.69. The van der Waals surface area contributed by atoms with E-state index in [0.717, 1.165) is 55.4 Å². The molecule has 0 unspecified atom stereocenters. The van der Waals surface area contributed by atoms with E-state index in [4.69, 9.17) is 5.11 Å². The molecule has 1 heterocycles. The lowest BCUT2D eigenvalue weighted by Gasteiger charge is -2.14. The molecule has 1 rings (SSSR count). The number of aryl methyl sites for hydroxylation is 1. The number of unbranched alkanes of at least 4 members (excludes halogenated alkanes) is 1. The molecule has 0 spiro atoms. The summed E-state index contributed by atoms with van der Waals surface area (Å²) in [5.74, 6) is 2.66.